The van der Waals surface area contributed by atoms with Crippen LogP contribution in [0.1, 0.15) is 15.9 Å². The quantitative estimate of drug-likeness (QED) is 0.343. The zero-order chi connectivity index (χ0) is 23.7. The Bertz CT molecular complexity index is 1210. The van der Waals surface area contributed by atoms with Gasteiger partial charge in [-0.25, -0.2) is 14.2 Å². The van der Waals surface area contributed by atoms with Crippen molar-refractivity contribution < 1.29 is 32.0 Å². The lowest BCUT2D eigenvalue weighted by molar-refractivity contribution is -0.137. The minimum atomic E-state index is -4.80. The van der Waals surface area contributed by atoms with Gasteiger partial charge >= 0.3 is 12.1 Å². The van der Waals surface area contributed by atoms with Gasteiger partial charge in [0.15, 0.2) is 0 Å². The summed E-state index contributed by atoms with van der Waals surface area (Å²) >= 11 is 0. The molecule has 0 unspecified atom stereocenters. The molecule has 3 rings (SSSR count). The number of hydrogen-bond donors (Lipinski definition) is 3. The first kappa shape index (κ1) is 23.2. The molecule has 0 saturated carbocycles. The van der Waals surface area contributed by atoms with Gasteiger partial charge in [-0.1, -0.05) is 0 Å². The Morgan fingerprint density at radius 3 is 2.28 bits per heavy atom. The van der Waals surface area contributed by atoms with Crippen molar-refractivity contribution in [3.8, 4) is 0 Å². The van der Waals surface area contributed by atoms with Gasteiger partial charge in [-0.05, 0) is 55.8 Å². The maximum Gasteiger partial charge on any atom is 0.421 e. The van der Waals surface area contributed by atoms with E-state index in [2.05, 4.69) is 20.6 Å². The Morgan fingerprint density at radius 2 is 1.72 bits per heavy atom. The summed E-state index contributed by atoms with van der Waals surface area (Å²) in [6.45, 7) is 2.73. The normalized spacial score (nSPS) is 11.8. The van der Waals surface area contributed by atoms with Crippen LogP contribution in [0, 0.1) is 5.82 Å². The molecule has 7 nitrogen and oxygen atoms in total. The maximum atomic E-state index is 13.7. The van der Waals surface area contributed by atoms with Gasteiger partial charge in [-0.3, -0.25) is 0 Å². The molecule has 1 aromatic heterocycles. The second kappa shape index (κ2) is 8.58. The Balaban J connectivity index is 2.01. The molecule has 0 aliphatic rings. The van der Waals surface area contributed by atoms with E-state index in [1.165, 1.54) is 43.7 Å². The largest absolute Gasteiger partial charge is 0.478 e. The van der Waals surface area contributed by atoms with Crippen LogP contribution in [0.25, 0.3) is 0 Å². The number of benzene rings is 2. The number of nitrogens with zero attached hydrogens (tertiary/aromatic N) is 2. The topological polar surface area (TPSA) is 104 Å². The van der Waals surface area contributed by atoms with E-state index in [0.717, 1.165) is 12.1 Å². The fraction of sp³-hybridized carbons (Fsp3) is 0.150. The molecule has 32 heavy (non-hydrogen) atoms. The molecule has 0 amide bonds. The SMILES string of the molecule is CP(C)(=O)c1cc(F)ccc1Nc1nc(Nc2ccc(C(=O)O)cc2)ncc1C(F)(F)F. The van der Waals surface area contributed by atoms with Crippen LogP contribution in [0.2, 0.25) is 0 Å². The van der Waals surface area contributed by atoms with Crippen molar-refractivity contribution in [1.29, 1.82) is 0 Å². The zero-order valence-electron chi connectivity index (χ0n) is 16.7. The summed E-state index contributed by atoms with van der Waals surface area (Å²) < 4.78 is 66.8. The molecular formula is C20H17F4N4O3P. The molecule has 0 radical (unpaired) electrons. The van der Waals surface area contributed by atoms with Gasteiger partial charge in [0.2, 0.25) is 5.95 Å². The number of nitrogens with one attached hydrogen (secondary N) is 2. The third-order valence-corrected chi connectivity index (χ3v) is 5.81. The second-order valence-electron chi connectivity index (χ2n) is 7.10. The molecule has 3 aromatic rings. The number of aromatic carboxylic acids is 1. The summed E-state index contributed by atoms with van der Waals surface area (Å²) in [5.41, 5.74) is -0.796. The number of hydrogen-bond acceptors (Lipinski definition) is 6. The molecule has 0 bridgehead atoms. The number of carboxylic acid groups (broad SMARTS) is 1. The highest BCUT2D eigenvalue weighted by atomic mass is 31.2. The Morgan fingerprint density at radius 1 is 1.06 bits per heavy atom. The molecule has 3 N–H and O–H groups in total. The van der Waals surface area contributed by atoms with Crippen LogP contribution in [-0.2, 0) is 10.7 Å². The minimum Gasteiger partial charge on any atom is -0.478 e. The summed E-state index contributed by atoms with van der Waals surface area (Å²) in [5.74, 6) is -2.64. The van der Waals surface area contributed by atoms with E-state index in [0.29, 0.717) is 11.9 Å². The van der Waals surface area contributed by atoms with E-state index < -0.39 is 36.5 Å². The summed E-state index contributed by atoms with van der Waals surface area (Å²) in [5, 5.41) is 14.2. The zero-order valence-corrected chi connectivity index (χ0v) is 17.6. The molecule has 0 aliphatic heterocycles. The van der Waals surface area contributed by atoms with Crippen molar-refractivity contribution in [2.75, 3.05) is 24.0 Å². The lowest BCUT2D eigenvalue weighted by Crippen LogP contribution is -2.16. The van der Waals surface area contributed by atoms with Crippen LogP contribution in [0.15, 0.2) is 48.7 Å². The van der Waals surface area contributed by atoms with Crippen LogP contribution in [-0.4, -0.2) is 34.4 Å². The van der Waals surface area contributed by atoms with Gasteiger partial charge in [0, 0.05) is 17.2 Å². The van der Waals surface area contributed by atoms with Crippen molar-refractivity contribution in [2.45, 2.75) is 6.18 Å². The fourth-order valence-corrected chi connectivity index (χ4v) is 3.90. The predicted molar refractivity (Wildman–Crippen MR) is 112 cm³/mol. The molecule has 12 heteroatoms. The predicted octanol–water partition coefficient (Wildman–Crippen LogP) is 5.07. The van der Waals surface area contributed by atoms with Gasteiger partial charge < -0.3 is 20.3 Å². The molecule has 2 aromatic carbocycles. The lowest BCUT2D eigenvalue weighted by atomic mass is 10.2. The van der Waals surface area contributed by atoms with Crippen molar-refractivity contribution in [2.24, 2.45) is 0 Å². The van der Waals surface area contributed by atoms with E-state index in [1.807, 2.05) is 0 Å². The summed E-state index contributed by atoms with van der Waals surface area (Å²) in [4.78, 5) is 18.5. The second-order valence-corrected chi connectivity index (χ2v) is 10.3. The van der Waals surface area contributed by atoms with E-state index in [-0.39, 0.29) is 22.5 Å². The number of anilines is 4. The van der Waals surface area contributed by atoms with Crippen LogP contribution < -0.4 is 15.9 Å². The smallest absolute Gasteiger partial charge is 0.421 e. The highest BCUT2D eigenvalue weighted by molar-refractivity contribution is 7.70. The first-order chi connectivity index (χ1) is 14.8. The summed E-state index contributed by atoms with van der Waals surface area (Å²) in [6.07, 6.45) is -4.23. The fourth-order valence-electron chi connectivity index (χ4n) is 2.75. The number of rotatable bonds is 6. The first-order valence-electron chi connectivity index (χ1n) is 9.01. The molecule has 168 valence electrons. The van der Waals surface area contributed by atoms with Gasteiger partial charge in [0.05, 0.1) is 11.3 Å². The Kier molecular flexibility index (Phi) is 6.23. The third-order valence-electron chi connectivity index (χ3n) is 4.28. The van der Waals surface area contributed by atoms with Crippen LogP contribution in [0.4, 0.5) is 40.7 Å². The van der Waals surface area contributed by atoms with E-state index >= 15 is 0 Å². The van der Waals surface area contributed by atoms with E-state index in [1.54, 1.807) is 0 Å². The highest BCUT2D eigenvalue weighted by Gasteiger charge is 2.35. The molecule has 0 atom stereocenters. The average Bonchev–Trinajstić information content (AvgIpc) is 2.68. The minimum absolute atomic E-state index is 0.0145. The number of carbonyl (C=O) groups is 1. The van der Waals surface area contributed by atoms with Crippen LogP contribution >= 0.6 is 7.14 Å². The molecule has 1 heterocycles. The van der Waals surface area contributed by atoms with Gasteiger partial charge in [0.1, 0.15) is 24.3 Å². The van der Waals surface area contributed by atoms with Crippen molar-refractivity contribution in [3.63, 3.8) is 0 Å². The van der Waals surface area contributed by atoms with E-state index in [9.17, 15) is 26.9 Å². The summed E-state index contributed by atoms with van der Waals surface area (Å²) in [6, 6.07) is 8.63. The number of alkyl halides is 3. The Labute approximate surface area is 179 Å². The van der Waals surface area contributed by atoms with Gasteiger partial charge in [-0.2, -0.15) is 18.2 Å². The third kappa shape index (κ3) is 5.42. The highest BCUT2D eigenvalue weighted by Crippen LogP contribution is 2.40. The van der Waals surface area contributed by atoms with Crippen LogP contribution in [0.3, 0.4) is 0 Å². The van der Waals surface area contributed by atoms with Crippen molar-refractivity contribution in [1.82, 2.24) is 9.97 Å². The number of halogens is 4. The number of carboxylic acids is 1. The maximum absolute atomic E-state index is 13.7. The van der Waals surface area contributed by atoms with Crippen LogP contribution in [0.5, 0.6) is 0 Å². The number of aromatic nitrogens is 2. The molecular weight excluding hydrogens is 451 g/mol. The van der Waals surface area contributed by atoms with Crippen molar-refractivity contribution in [3.05, 3.63) is 65.6 Å². The van der Waals surface area contributed by atoms with E-state index in [4.69, 9.17) is 5.11 Å². The van der Waals surface area contributed by atoms with Gasteiger partial charge in [0.25, 0.3) is 0 Å². The molecule has 0 spiro atoms. The summed E-state index contributed by atoms with van der Waals surface area (Å²) in [7, 11) is -3.05. The monoisotopic (exact) mass is 468 g/mol. The average molecular weight is 468 g/mol. The standard InChI is InChI=1S/C20H17F4N4O3P/c1-32(2,31)16-9-12(21)5-8-15(16)27-17-14(20(22,23)24)10-25-19(28-17)26-13-6-3-11(4-7-13)18(29)30/h3-10H,1-2H3,(H,29,30)(H2,25,26,27,28). The molecule has 0 fully saturated rings. The lowest BCUT2D eigenvalue weighted by Gasteiger charge is -2.18. The Hall–Kier alpha value is -3.46. The van der Waals surface area contributed by atoms with Gasteiger partial charge in [-0.15, -0.1) is 0 Å². The van der Waals surface area contributed by atoms with Crippen molar-refractivity contribution >= 4 is 41.6 Å². The first-order valence-corrected chi connectivity index (χ1v) is 11.6. The molecule has 0 saturated heterocycles. The molecule has 0 aliphatic carbocycles.